The third-order valence-electron chi connectivity index (χ3n) is 2.28. The van der Waals surface area contributed by atoms with Crippen LogP contribution in [0.2, 0.25) is 5.02 Å². The van der Waals surface area contributed by atoms with Crippen LogP contribution in [0.3, 0.4) is 0 Å². The SMILES string of the molecule is C#CCC(Cc1c(F)cccc1Cl)NC. The van der Waals surface area contributed by atoms with E-state index in [4.69, 9.17) is 18.0 Å². The summed E-state index contributed by atoms with van der Waals surface area (Å²) in [7, 11) is 1.80. The summed E-state index contributed by atoms with van der Waals surface area (Å²) in [6.07, 6.45) is 6.28. The van der Waals surface area contributed by atoms with Crippen molar-refractivity contribution in [3.8, 4) is 12.3 Å². The van der Waals surface area contributed by atoms with Crippen molar-refractivity contribution in [2.45, 2.75) is 18.9 Å². The van der Waals surface area contributed by atoms with Crippen molar-refractivity contribution in [2.75, 3.05) is 7.05 Å². The molecule has 1 aromatic carbocycles. The van der Waals surface area contributed by atoms with E-state index < -0.39 is 0 Å². The van der Waals surface area contributed by atoms with Gasteiger partial charge >= 0.3 is 0 Å². The molecule has 80 valence electrons. The molecule has 0 aliphatic heterocycles. The van der Waals surface area contributed by atoms with Crippen LogP contribution in [0.25, 0.3) is 0 Å². The minimum absolute atomic E-state index is 0.0596. The van der Waals surface area contributed by atoms with Gasteiger partial charge in [-0.05, 0) is 25.6 Å². The van der Waals surface area contributed by atoms with Crippen LogP contribution in [0, 0.1) is 18.2 Å². The Labute approximate surface area is 94.6 Å². The predicted molar refractivity (Wildman–Crippen MR) is 61.4 cm³/mol. The molecule has 0 aromatic heterocycles. The Morgan fingerprint density at radius 2 is 2.33 bits per heavy atom. The van der Waals surface area contributed by atoms with E-state index in [1.807, 2.05) is 0 Å². The summed E-state index contributed by atoms with van der Waals surface area (Å²) in [5.74, 6) is 2.27. The van der Waals surface area contributed by atoms with Crippen molar-refractivity contribution in [2.24, 2.45) is 0 Å². The highest BCUT2D eigenvalue weighted by Gasteiger charge is 2.12. The molecule has 0 radical (unpaired) electrons. The van der Waals surface area contributed by atoms with Gasteiger partial charge in [0.05, 0.1) is 0 Å². The van der Waals surface area contributed by atoms with Gasteiger partial charge in [0.25, 0.3) is 0 Å². The summed E-state index contributed by atoms with van der Waals surface area (Å²) >= 11 is 5.91. The Bertz CT molecular complexity index is 350. The van der Waals surface area contributed by atoms with Gasteiger partial charge in [-0.15, -0.1) is 12.3 Å². The van der Waals surface area contributed by atoms with Crippen LogP contribution in [0.15, 0.2) is 18.2 Å². The molecule has 1 atom stereocenters. The topological polar surface area (TPSA) is 12.0 Å². The van der Waals surface area contributed by atoms with E-state index in [9.17, 15) is 4.39 Å². The fourth-order valence-corrected chi connectivity index (χ4v) is 1.63. The molecule has 1 aromatic rings. The number of likely N-dealkylation sites (N-methyl/N-ethyl adjacent to an activating group) is 1. The highest BCUT2D eigenvalue weighted by Crippen LogP contribution is 2.20. The van der Waals surface area contributed by atoms with Gasteiger partial charge in [0.1, 0.15) is 5.82 Å². The molecule has 0 heterocycles. The molecular formula is C12H13ClFN. The average molecular weight is 226 g/mol. The van der Waals surface area contributed by atoms with Crippen LogP contribution in [-0.4, -0.2) is 13.1 Å². The van der Waals surface area contributed by atoms with Crippen molar-refractivity contribution >= 4 is 11.6 Å². The summed E-state index contributed by atoms with van der Waals surface area (Å²) in [6.45, 7) is 0. The maximum Gasteiger partial charge on any atom is 0.127 e. The molecule has 1 unspecified atom stereocenters. The van der Waals surface area contributed by atoms with Gasteiger partial charge < -0.3 is 5.32 Å². The Balaban J connectivity index is 2.83. The Hall–Kier alpha value is -1.04. The van der Waals surface area contributed by atoms with Crippen molar-refractivity contribution in [1.29, 1.82) is 0 Å². The Morgan fingerprint density at radius 1 is 1.60 bits per heavy atom. The molecule has 0 aliphatic carbocycles. The summed E-state index contributed by atoms with van der Waals surface area (Å²) in [5, 5.41) is 3.49. The lowest BCUT2D eigenvalue weighted by atomic mass is 10.0. The molecule has 0 saturated carbocycles. The zero-order valence-corrected chi connectivity index (χ0v) is 9.31. The molecule has 1 rings (SSSR count). The molecule has 1 nitrogen and oxygen atoms in total. The number of halogens is 2. The third-order valence-corrected chi connectivity index (χ3v) is 2.64. The lowest BCUT2D eigenvalue weighted by Crippen LogP contribution is -2.27. The summed E-state index contributed by atoms with van der Waals surface area (Å²) in [5.41, 5.74) is 0.522. The molecule has 1 N–H and O–H groups in total. The Morgan fingerprint density at radius 3 is 2.87 bits per heavy atom. The van der Waals surface area contributed by atoms with Gasteiger partial charge in [0.15, 0.2) is 0 Å². The summed E-state index contributed by atoms with van der Waals surface area (Å²) in [6, 6.07) is 4.74. The first-order chi connectivity index (χ1) is 7.19. The van der Waals surface area contributed by atoms with E-state index in [2.05, 4.69) is 11.2 Å². The zero-order valence-electron chi connectivity index (χ0n) is 8.56. The second kappa shape index (κ2) is 5.75. The minimum atomic E-state index is -0.278. The van der Waals surface area contributed by atoms with E-state index in [0.717, 1.165) is 0 Å². The number of benzene rings is 1. The predicted octanol–water partition coefficient (Wildman–Crippen LogP) is 2.63. The minimum Gasteiger partial charge on any atom is -0.316 e. The maximum absolute atomic E-state index is 13.4. The van der Waals surface area contributed by atoms with Crippen LogP contribution in [0.5, 0.6) is 0 Å². The van der Waals surface area contributed by atoms with Crippen LogP contribution >= 0.6 is 11.6 Å². The van der Waals surface area contributed by atoms with Crippen LogP contribution in [0.4, 0.5) is 4.39 Å². The smallest absolute Gasteiger partial charge is 0.127 e. The molecule has 0 aliphatic rings. The molecule has 0 saturated heterocycles. The Kier molecular flexibility index (Phi) is 4.61. The lowest BCUT2D eigenvalue weighted by Gasteiger charge is -2.14. The zero-order chi connectivity index (χ0) is 11.3. The highest BCUT2D eigenvalue weighted by atomic mass is 35.5. The molecule has 0 spiro atoms. The van der Waals surface area contributed by atoms with Crippen molar-refractivity contribution in [3.05, 3.63) is 34.6 Å². The second-order valence-electron chi connectivity index (χ2n) is 3.30. The molecule has 0 bridgehead atoms. The van der Waals surface area contributed by atoms with Crippen molar-refractivity contribution in [3.63, 3.8) is 0 Å². The molecule has 15 heavy (non-hydrogen) atoms. The fraction of sp³-hybridized carbons (Fsp3) is 0.333. The lowest BCUT2D eigenvalue weighted by molar-refractivity contribution is 0.543. The summed E-state index contributed by atoms with van der Waals surface area (Å²) in [4.78, 5) is 0. The second-order valence-corrected chi connectivity index (χ2v) is 3.71. The van der Waals surface area contributed by atoms with Gasteiger partial charge in [-0.1, -0.05) is 17.7 Å². The molecular weight excluding hydrogens is 213 g/mol. The van der Waals surface area contributed by atoms with E-state index in [0.29, 0.717) is 23.4 Å². The standard InChI is InChI=1S/C12H13ClFN/c1-3-5-9(15-2)8-10-11(13)6-4-7-12(10)14/h1,4,6-7,9,15H,5,8H2,2H3. The monoisotopic (exact) mass is 225 g/mol. The molecule has 0 amide bonds. The fourth-order valence-electron chi connectivity index (χ4n) is 1.39. The quantitative estimate of drug-likeness (QED) is 0.777. The van der Waals surface area contributed by atoms with Gasteiger partial charge in [-0.2, -0.15) is 0 Å². The first-order valence-corrected chi connectivity index (χ1v) is 5.10. The first kappa shape index (κ1) is 12.0. The van der Waals surface area contributed by atoms with E-state index >= 15 is 0 Å². The normalized spacial score (nSPS) is 12.1. The van der Waals surface area contributed by atoms with Crippen LogP contribution in [0.1, 0.15) is 12.0 Å². The number of nitrogens with one attached hydrogen (secondary N) is 1. The largest absolute Gasteiger partial charge is 0.316 e. The van der Waals surface area contributed by atoms with Gasteiger partial charge in [0, 0.05) is 23.0 Å². The van der Waals surface area contributed by atoms with Gasteiger partial charge in [0.2, 0.25) is 0 Å². The van der Waals surface area contributed by atoms with Crippen molar-refractivity contribution < 1.29 is 4.39 Å². The number of hydrogen-bond donors (Lipinski definition) is 1. The molecule has 3 heteroatoms. The highest BCUT2D eigenvalue weighted by molar-refractivity contribution is 6.31. The third kappa shape index (κ3) is 3.23. The van der Waals surface area contributed by atoms with E-state index in [1.165, 1.54) is 6.07 Å². The average Bonchev–Trinajstić information content (AvgIpc) is 2.22. The van der Waals surface area contributed by atoms with Gasteiger partial charge in [-0.25, -0.2) is 4.39 Å². The maximum atomic E-state index is 13.4. The summed E-state index contributed by atoms with van der Waals surface area (Å²) < 4.78 is 13.4. The molecule has 0 fully saturated rings. The number of rotatable bonds is 4. The number of terminal acetylenes is 1. The van der Waals surface area contributed by atoms with Crippen LogP contribution < -0.4 is 5.32 Å². The van der Waals surface area contributed by atoms with E-state index in [-0.39, 0.29) is 11.9 Å². The first-order valence-electron chi connectivity index (χ1n) is 4.72. The van der Waals surface area contributed by atoms with Crippen LogP contribution in [-0.2, 0) is 6.42 Å². The van der Waals surface area contributed by atoms with Crippen molar-refractivity contribution in [1.82, 2.24) is 5.32 Å². The number of hydrogen-bond acceptors (Lipinski definition) is 1. The van der Waals surface area contributed by atoms with E-state index in [1.54, 1.807) is 19.2 Å². The van der Waals surface area contributed by atoms with Gasteiger partial charge in [-0.3, -0.25) is 0 Å².